The highest BCUT2D eigenvalue weighted by atomic mass is 35.5. The molecular weight excluding hydrogens is 180 g/mol. The third kappa shape index (κ3) is 3.84. The lowest BCUT2D eigenvalue weighted by Gasteiger charge is -2.12. The summed E-state index contributed by atoms with van der Waals surface area (Å²) in [5.74, 6) is 1.48. The summed E-state index contributed by atoms with van der Waals surface area (Å²) in [7, 11) is 1.48. The van der Waals surface area contributed by atoms with Gasteiger partial charge in [-0.2, -0.15) is 0 Å². The van der Waals surface area contributed by atoms with Crippen LogP contribution in [0.2, 0.25) is 0 Å². The SMILES string of the molecule is C#CCN(C)C(=O)NC(=O)CCl. The average Bonchev–Trinajstić information content (AvgIpc) is 2.04. The summed E-state index contributed by atoms with van der Waals surface area (Å²) >= 11 is 5.15. The summed E-state index contributed by atoms with van der Waals surface area (Å²) in [5, 5.41) is 2.03. The van der Waals surface area contributed by atoms with Crippen LogP contribution >= 0.6 is 11.6 Å². The van der Waals surface area contributed by atoms with Crippen molar-refractivity contribution in [3.63, 3.8) is 0 Å². The molecule has 0 saturated carbocycles. The number of nitrogens with zero attached hydrogens (tertiary/aromatic N) is 1. The van der Waals surface area contributed by atoms with E-state index in [2.05, 4.69) is 5.92 Å². The molecule has 0 aromatic carbocycles. The first-order valence-electron chi connectivity index (χ1n) is 3.16. The minimum absolute atomic E-state index is 0.154. The van der Waals surface area contributed by atoms with Gasteiger partial charge in [-0.05, 0) is 0 Å². The second-order valence-corrected chi connectivity index (χ2v) is 2.31. The van der Waals surface area contributed by atoms with E-state index < -0.39 is 11.9 Å². The number of carbonyl (C=O) groups excluding carboxylic acids is 2. The molecule has 0 saturated heterocycles. The predicted molar refractivity (Wildman–Crippen MR) is 45.7 cm³/mol. The van der Waals surface area contributed by atoms with Crippen LogP contribution in [0.1, 0.15) is 0 Å². The molecule has 0 aliphatic carbocycles. The predicted octanol–water partition coefficient (Wildman–Crippen LogP) is 0.0264. The van der Waals surface area contributed by atoms with Crippen LogP contribution in [0.15, 0.2) is 0 Å². The fraction of sp³-hybridized carbons (Fsp3) is 0.429. The number of carbonyl (C=O) groups is 2. The molecule has 0 unspecified atom stereocenters. The lowest BCUT2D eigenvalue weighted by Crippen LogP contribution is -2.41. The smallest absolute Gasteiger partial charge is 0.316 e. The van der Waals surface area contributed by atoms with Gasteiger partial charge in [-0.3, -0.25) is 10.1 Å². The molecule has 0 aromatic rings. The summed E-state index contributed by atoms with van der Waals surface area (Å²) in [6, 6.07) is -0.543. The summed E-state index contributed by atoms with van der Waals surface area (Å²) in [4.78, 5) is 22.7. The highest BCUT2D eigenvalue weighted by Gasteiger charge is 2.09. The highest BCUT2D eigenvalue weighted by Crippen LogP contribution is 1.83. The van der Waals surface area contributed by atoms with Crippen molar-refractivity contribution in [2.75, 3.05) is 19.5 Å². The van der Waals surface area contributed by atoms with Crippen molar-refractivity contribution in [2.24, 2.45) is 0 Å². The number of hydrogen-bond acceptors (Lipinski definition) is 2. The summed E-state index contributed by atoms with van der Waals surface area (Å²) in [5.41, 5.74) is 0. The van der Waals surface area contributed by atoms with Gasteiger partial charge in [0.25, 0.3) is 0 Å². The number of amides is 3. The monoisotopic (exact) mass is 188 g/mol. The van der Waals surface area contributed by atoms with E-state index in [9.17, 15) is 9.59 Å². The maximum atomic E-state index is 10.9. The molecule has 0 rings (SSSR count). The van der Waals surface area contributed by atoms with Gasteiger partial charge in [-0.1, -0.05) is 5.92 Å². The molecular formula is C7H9ClN2O2. The van der Waals surface area contributed by atoms with Crippen LogP contribution < -0.4 is 5.32 Å². The Morgan fingerprint density at radius 2 is 2.25 bits per heavy atom. The van der Waals surface area contributed by atoms with Crippen LogP contribution in [-0.4, -0.2) is 36.3 Å². The van der Waals surface area contributed by atoms with Gasteiger partial charge in [-0.15, -0.1) is 18.0 Å². The van der Waals surface area contributed by atoms with Gasteiger partial charge in [0.1, 0.15) is 5.88 Å². The standard InChI is InChI=1S/C7H9ClN2O2/c1-3-4-10(2)7(12)9-6(11)5-8/h1H,4-5H2,2H3,(H,9,11,12). The van der Waals surface area contributed by atoms with Gasteiger partial charge in [0.15, 0.2) is 0 Å². The molecule has 0 radical (unpaired) electrons. The van der Waals surface area contributed by atoms with E-state index in [4.69, 9.17) is 18.0 Å². The Bertz CT molecular complexity index is 222. The van der Waals surface area contributed by atoms with Crippen LogP contribution in [0.5, 0.6) is 0 Å². The van der Waals surface area contributed by atoms with Crippen molar-refractivity contribution in [3.05, 3.63) is 0 Å². The zero-order valence-corrected chi connectivity index (χ0v) is 7.39. The maximum Gasteiger partial charge on any atom is 0.324 e. The van der Waals surface area contributed by atoms with Crippen LogP contribution in [0.25, 0.3) is 0 Å². The van der Waals surface area contributed by atoms with E-state index in [-0.39, 0.29) is 12.4 Å². The topological polar surface area (TPSA) is 49.4 Å². The van der Waals surface area contributed by atoms with Crippen molar-refractivity contribution in [2.45, 2.75) is 0 Å². The lowest BCUT2D eigenvalue weighted by atomic mass is 10.6. The van der Waals surface area contributed by atoms with Crippen molar-refractivity contribution < 1.29 is 9.59 Å². The second kappa shape index (κ2) is 5.44. The molecule has 0 spiro atoms. The molecule has 3 amide bonds. The third-order valence-corrected chi connectivity index (χ3v) is 1.29. The molecule has 0 heterocycles. The van der Waals surface area contributed by atoms with E-state index in [1.54, 1.807) is 0 Å². The largest absolute Gasteiger partial charge is 0.324 e. The van der Waals surface area contributed by atoms with Gasteiger partial charge >= 0.3 is 6.03 Å². The molecule has 5 heteroatoms. The molecule has 66 valence electrons. The number of urea groups is 1. The molecule has 1 N–H and O–H groups in total. The molecule has 0 aromatic heterocycles. The quantitative estimate of drug-likeness (QED) is 0.491. The first kappa shape index (κ1) is 10.8. The van der Waals surface area contributed by atoms with E-state index in [0.29, 0.717) is 0 Å². The number of hydrogen-bond donors (Lipinski definition) is 1. The van der Waals surface area contributed by atoms with Gasteiger partial charge in [-0.25, -0.2) is 4.79 Å². The zero-order chi connectivity index (χ0) is 9.56. The summed E-state index contributed by atoms with van der Waals surface area (Å²) in [6.45, 7) is 0.154. The molecule has 4 nitrogen and oxygen atoms in total. The van der Waals surface area contributed by atoms with Crippen molar-refractivity contribution in [1.29, 1.82) is 0 Å². The Hall–Kier alpha value is -1.21. The van der Waals surface area contributed by atoms with Crippen molar-refractivity contribution in [1.82, 2.24) is 10.2 Å². The fourth-order valence-electron chi connectivity index (χ4n) is 0.457. The molecule has 0 bridgehead atoms. The summed E-state index contributed by atoms with van der Waals surface area (Å²) < 4.78 is 0. The Labute approximate surface area is 75.9 Å². The average molecular weight is 189 g/mol. The van der Waals surface area contributed by atoms with E-state index in [1.165, 1.54) is 11.9 Å². The maximum absolute atomic E-state index is 10.9. The van der Waals surface area contributed by atoms with Gasteiger partial charge in [0, 0.05) is 7.05 Å². The summed E-state index contributed by atoms with van der Waals surface area (Å²) in [6.07, 6.45) is 4.95. The van der Waals surface area contributed by atoms with Gasteiger partial charge in [0.05, 0.1) is 6.54 Å². The Morgan fingerprint density at radius 3 is 2.67 bits per heavy atom. The number of nitrogens with one attached hydrogen (secondary N) is 1. The minimum atomic E-state index is -0.543. The first-order chi connectivity index (χ1) is 5.61. The third-order valence-electron chi connectivity index (χ3n) is 1.04. The number of imide groups is 1. The Morgan fingerprint density at radius 1 is 1.67 bits per heavy atom. The van der Waals surface area contributed by atoms with E-state index in [0.717, 1.165) is 0 Å². The number of halogens is 1. The van der Waals surface area contributed by atoms with Crippen LogP contribution in [0, 0.1) is 12.3 Å². The lowest BCUT2D eigenvalue weighted by molar-refractivity contribution is -0.117. The highest BCUT2D eigenvalue weighted by molar-refractivity contribution is 6.28. The fourth-order valence-corrected chi connectivity index (χ4v) is 0.524. The Balaban J connectivity index is 3.88. The molecule has 0 aliphatic rings. The van der Waals surface area contributed by atoms with Crippen LogP contribution in [-0.2, 0) is 4.79 Å². The van der Waals surface area contributed by atoms with Gasteiger partial charge in [0.2, 0.25) is 5.91 Å². The molecule has 0 aliphatic heterocycles. The van der Waals surface area contributed by atoms with E-state index >= 15 is 0 Å². The normalized spacial score (nSPS) is 8.42. The van der Waals surface area contributed by atoms with Crippen LogP contribution in [0.4, 0.5) is 4.79 Å². The minimum Gasteiger partial charge on any atom is -0.316 e. The molecule has 0 atom stereocenters. The van der Waals surface area contributed by atoms with Crippen molar-refractivity contribution >= 4 is 23.5 Å². The van der Waals surface area contributed by atoms with Crippen LogP contribution in [0.3, 0.4) is 0 Å². The van der Waals surface area contributed by atoms with Gasteiger partial charge < -0.3 is 4.90 Å². The second-order valence-electron chi connectivity index (χ2n) is 2.05. The number of terminal acetylenes is 1. The molecule has 12 heavy (non-hydrogen) atoms. The van der Waals surface area contributed by atoms with E-state index in [1.807, 2.05) is 5.32 Å². The molecule has 0 fully saturated rings. The Kier molecular flexibility index (Phi) is 4.89. The van der Waals surface area contributed by atoms with Crippen molar-refractivity contribution in [3.8, 4) is 12.3 Å². The number of rotatable bonds is 2. The number of alkyl halides is 1. The zero-order valence-electron chi connectivity index (χ0n) is 6.63. The first-order valence-corrected chi connectivity index (χ1v) is 3.69.